The van der Waals surface area contributed by atoms with Gasteiger partial charge < -0.3 is 15.6 Å². The molecular weight excluding hydrogens is 166 g/mol. The highest BCUT2D eigenvalue weighted by atomic mass is 16.5. The Bertz CT molecular complexity index is 286. The maximum atomic E-state index is 9.62. The van der Waals surface area contributed by atoms with Gasteiger partial charge >= 0.3 is 0 Å². The lowest BCUT2D eigenvalue weighted by atomic mass is 10.0. The van der Waals surface area contributed by atoms with Crippen molar-refractivity contribution in [3.63, 3.8) is 0 Å². The third kappa shape index (κ3) is 1.99. The van der Waals surface area contributed by atoms with E-state index in [2.05, 4.69) is 0 Å². The Kier molecular flexibility index (Phi) is 3.28. The van der Waals surface area contributed by atoms with E-state index in [1.807, 2.05) is 25.1 Å². The SMILES string of the molecule is COc1cccc(C)c1C(O)CN. The van der Waals surface area contributed by atoms with Crippen LogP contribution in [0.1, 0.15) is 17.2 Å². The van der Waals surface area contributed by atoms with E-state index in [0.717, 1.165) is 11.1 Å². The van der Waals surface area contributed by atoms with Gasteiger partial charge in [0.15, 0.2) is 0 Å². The minimum Gasteiger partial charge on any atom is -0.496 e. The van der Waals surface area contributed by atoms with Gasteiger partial charge in [0, 0.05) is 12.1 Å². The van der Waals surface area contributed by atoms with Crippen LogP contribution in [0.2, 0.25) is 0 Å². The van der Waals surface area contributed by atoms with Crippen LogP contribution in [0.25, 0.3) is 0 Å². The van der Waals surface area contributed by atoms with E-state index in [9.17, 15) is 5.11 Å². The molecule has 1 unspecified atom stereocenters. The lowest BCUT2D eigenvalue weighted by molar-refractivity contribution is 0.181. The van der Waals surface area contributed by atoms with Crippen molar-refractivity contribution in [2.75, 3.05) is 13.7 Å². The van der Waals surface area contributed by atoms with Gasteiger partial charge in [-0.25, -0.2) is 0 Å². The average Bonchev–Trinajstić information content (AvgIpc) is 2.16. The van der Waals surface area contributed by atoms with Gasteiger partial charge in [-0.2, -0.15) is 0 Å². The minimum atomic E-state index is -0.642. The number of aliphatic hydroxyl groups excluding tert-OH is 1. The summed E-state index contributed by atoms with van der Waals surface area (Å²) >= 11 is 0. The van der Waals surface area contributed by atoms with Crippen LogP contribution in [0, 0.1) is 6.92 Å². The fraction of sp³-hybridized carbons (Fsp3) is 0.400. The van der Waals surface area contributed by atoms with Gasteiger partial charge in [-0.15, -0.1) is 0 Å². The molecule has 0 heterocycles. The van der Waals surface area contributed by atoms with E-state index in [1.54, 1.807) is 7.11 Å². The van der Waals surface area contributed by atoms with Gasteiger partial charge in [0.25, 0.3) is 0 Å². The maximum absolute atomic E-state index is 9.62. The molecular formula is C10H15NO2. The second-order valence-corrected chi connectivity index (χ2v) is 2.94. The number of hydrogen-bond donors (Lipinski definition) is 2. The fourth-order valence-electron chi connectivity index (χ4n) is 1.38. The van der Waals surface area contributed by atoms with E-state index in [1.165, 1.54) is 0 Å². The van der Waals surface area contributed by atoms with Gasteiger partial charge in [-0.3, -0.25) is 0 Å². The molecule has 0 aromatic heterocycles. The van der Waals surface area contributed by atoms with Crippen LogP contribution in [0.4, 0.5) is 0 Å². The molecule has 0 radical (unpaired) electrons. The summed E-state index contributed by atoms with van der Waals surface area (Å²) in [6.45, 7) is 2.14. The number of benzene rings is 1. The molecule has 1 aromatic carbocycles. The summed E-state index contributed by atoms with van der Waals surface area (Å²) in [5.74, 6) is 0.693. The van der Waals surface area contributed by atoms with E-state index >= 15 is 0 Å². The molecule has 1 atom stereocenters. The number of nitrogens with two attached hydrogens (primary N) is 1. The fourth-order valence-corrected chi connectivity index (χ4v) is 1.38. The highest BCUT2D eigenvalue weighted by Crippen LogP contribution is 2.27. The largest absolute Gasteiger partial charge is 0.496 e. The number of aliphatic hydroxyl groups is 1. The molecule has 0 bridgehead atoms. The first kappa shape index (κ1) is 10.0. The summed E-state index contributed by atoms with van der Waals surface area (Å²) in [4.78, 5) is 0. The predicted molar refractivity (Wildman–Crippen MR) is 51.7 cm³/mol. The lowest BCUT2D eigenvalue weighted by Crippen LogP contribution is -2.13. The van der Waals surface area contributed by atoms with E-state index < -0.39 is 6.10 Å². The van der Waals surface area contributed by atoms with Gasteiger partial charge in [0.2, 0.25) is 0 Å². The molecule has 0 saturated heterocycles. The molecule has 72 valence electrons. The molecule has 0 aliphatic heterocycles. The van der Waals surface area contributed by atoms with E-state index in [4.69, 9.17) is 10.5 Å². The molecule has 1 rings (SSSR count). The van der Waals surface area contributed by atoms with Crippen molar-refractivity contribution in [3.05, 3.63) is 29.3 Å². The van der Waals surface area contributed by atoms with Gasteiger partial charge in [-0.1, -0.05) is 12.1 Å². The molecule has 0 amide bonds. The van der Waals surface area contributed by atoms with Crippen molar-refractivity contribution in [1.82, 2.24) is 0 Å². The first-order valence-electron chi connectivity index (χ1n) is 4.22. The van der Waals surface area contributed by atoms with E-state index in [0.29, 0.717) is 5.75 Å². The monoisotopic (exact) mass is 181 g/mol. The molecule has 0 fully saturated rings. The highest BCUT2D eigenvalue weighted by Gasteiger charge is 2.13. The van der Waals surface area contributed by atoms with Gasteiger partial charge in [-0.05, 0) is 18.6 Å². The molecule has 3 heteroatoms. The first-order valence-corrected chi connectivity index (χ1v) is 4.22. The average molecular weight is 181 g/mol. The Balaban J connectivity index is 3.14. The van der Waals surface area contributed by atoms with Crippen molar-refractivity contribution in [2.45, 2.75) is 13.0 Å². The van der Waals surface area contributed by atoms with Crippen LogP contribution in [0.5, 0.6) is 5.75 Å². The molecule has 0 aliphatic rings. The summed E-state index contributed by atoms with van der Waals surface area (Å²) in [6.07, 6.45) is -0.642. The predicted octanol–water partition coefficient (Wildman–Crippen LogP) is 0.996. The molecule has 1 aromatic rings. The molecule has 0 aliphatic carbocycles. The van der Waals surface area contributed by atoms with Crippen molar-refractivity contribution in [2.24, 2.45) is 5.73 Å². The summed E-state index contributed by atoms with van der Waals surface area (Å²) < 4.78 is 5.13. The van der Waals surface area contributed by atoms with Crippen molar-refractivity contribution < 1.29 is 9.84 Å². The van der Waals surface area contributed by atoms with E-state index in [-0.39, 0.29) is 6.54 Å². The second-order valence-electron chi connectivity index (χ2n) is 2.94. The normalized spacial score (nSPS) is 12.6. The number of rotatable bonds is 3. The van der Waals surface area contributed by atoms with Crippen LogP contribution in [0.3, 0.4) is 0 Å². The van der Waals surface area contributed by atoms with Crippen LogP contribution in [-0.2, 0) is 0 Å². The smallest absolute Gasteiger partial charge is 0.124 e. The number of aryl methyl sites for hydroxylation is 1. The third-order valence-corrected chi connectivity index (χ3v) is 2.06. The topological polar surface area (TPSA) is 55.5 Å². The zero-order valence-electron chi connectivity index (χ0n) is 7.95. The number of ether oxygens (including phenoxy) is 1. The number of methoxy groups -OCH3 is 1. The van der Waals surface area contributed by atoms with Crippen LogP contribution >= 0.6 is 0 Å². The highest BCUT2D eigenvalue weighted by molar-refractivity contribution is 5.41. The zero-order chi connectivity index (χ0) is 9.84. The molecule has 0 spiro atoms. The Morgan fingerprint density at radius 1 is 1.54 bits per heavy atom. The second kappa shape index (κ2) is 4.25. The summed E-state index contributed by atoms with van der Waals surface area (Å²) in [6, 6.07) is 5.64. The Morgan fingerprint density at radius 3 is 2.77 bits per heavy atom. The molecule has 13 heavy (non-hydrogen) atoms. The zero-order valence-corrected chi connectivity index (χ0v) is 7.95. The van der Waals surface area contributed by atoms with Crippen LogP contribution in [0.15, 0.2) is 18.2 Å². The first-order chi connectivity index (χ1) is 6.20. The molecule has 0 saturated carbocycles. The quantitative estimate of drug-likeness (QED) is 0.731. The van der Waals surface area contributed by atoms with Gasteiger partial charge in [0.1, 0.15) is 5.75 Å². The number of hydrogen-bond acceptors (Lipinski definition) is 3. The summed E-state index contributed by atoms with van der Waals surface area (Å²) in [5.41, 5.74) is 7.17. The van der Waals surface area contributed by atoms with Crippen molar-refractivity contribution >= 4 is 0 Å². The van der Waals surface area contributed by atoms with Gasteiger partial charge in [0.05, 0.1) is 13.2 Å². The van der Waals surface area contributed by atoms with Crippen LogP contribution in [-0.4, -0.2) is 18.8 Å². The Morgan fingerprint density at radius 2 is 2.23 bits per heavy atom. The van der Waals surface area contributed by atoms with Crippen LogP contribution < -0.4 is 10.5 Å². The standard InChI is InChI=1S/C10H15NO2/c1-7-4-3-5-9(13-2)10(7)8(12)6-11/h3-5,8,12H,6,11H2,1-2H3. The third-order valence-electron chi connectivity index (χ3n) is 2.06. The Hall–Kier alpha value is -1.06. The lowest BCUT2D eigenvalue weighted by Gasteiger charge is -2.15. The van der Waals surface area contributed by atoms with Crippen molar-refractivity contribution in [1.29, 1.82) is 0 Å². The summed E-state index contributed by atoms with van der Waals surface area (Å²) in [5, 5.41) is 9.62. The maximum Gasteiger partial charge on any atom is 0.124 e. The van der Waals surface area contributed by atoms with Crippen molar-refractivity contribution in [3.8, 4) is 5.75 Å². The Labute approximate surface area is 78.1 Å². The molecule has 3 nitrogen and oxygen atoms in total. The summed E-state index contributed by atoms with van der Waals surface area (Å²) in [7, 11) is 1.58. The molecule has 3 N–H and O–H groups in total. The minimum absolute atomic E-state index is 0.210.